The van der Waals surface area contributed by atoms with Crippen LogP contribution in [0.1, 0.15) is 20.8 Å². The number of hydrogen-bond donors (Lipinski definition) is 1. The number of carbonyl (C=O) groups excluding carboxylic acids is 1. The number of aliphatic hydroxyl groups is 1. The lowest BCUT2D eigenvalue weighted by Gasteiger charge is -2.38. The minimum absolute atomic E-state index is 0.266. The van der Waals surface area contributed by atoms with Gasteiger partial charge in [0.1, 0.15) is 6.10 Å². The van der Waals surface area contributed by atoms with Crippen LogP contribution in [0.25, 0.3) is 0 Å². The van der Waals surface area contributed by atoms with Gasteiger partial charge in [-0.05, 0) is 6.92 Å². The minimum atomic E-state index is -1.68. The molecule has 0 aromatic heterocycles. The Kier molecular flexibility index (Phi) is 3.44. The van der Waals surface area contributed by atoms with E-state index in [-0.39, 0.29) is 12.0 Å². The number of ether oxygens (including phenoxy) is 2. The van der Waals surface area contributed by atoms with Crippen molar-refractivity contribution in [2.45, 2.75) is 45.4 Å². The maximum absolute atomic E-state index is 13.4. The summed E-state index contributed by atoms with van der Waals surface area (Å²) in [7, 11) is 0. The summed E-state index contributed by atoms with van der Waals surface area (Å²) in [6, 6.07) is 0. The fourth-order valence-electron chi connectivity index (χ4n) is 1.50. The molecule has 0 aliphatic carbocycles. The molecular weight excluding hydrogens is 191 g/mol. The van der Waals surface area contributed by atoms with Gasteiger partial charge in [0.15, 0.2) is 12.5 Å². The van der Waals surface area contributed by atoms with Gasteiger partial charge in [0, 0.05) is 12.8 Å². The van der Waals surface area contributed by atoms with E-state index in [1.54, 1.807) is 13.8 Å². The lowest BCUT2D eigenvalue weighted by molar-refractivity contribution is -0.249. The number of aliphatic hydroxyl groups excluding tert-OH is 1. The molecule has 1 heterocycles. The van der Waals surface area contributed by atoms with E-state index < -0.39 is 24.5 Å². The van der Waals surface area contributed by atoms with Crippen molar-refractivity contribution < 1.29 is 23.8 Å². The molecule has 1 aliphatic heterocycles. The molecule has 82 valence electrons. The van der Waals surface area contributed by atoms with Crippen molar-refractivity contribution >= 4 is 5.97 Å². The standard InChI is InChI=1S/C9H15FO4/c1-4-5(2)13-9(12)7(10)8(4)14-6(3)11/h4-5,7-9,12H,1-3H3/t4-,5+,7+,8-,9?/m1/s1. The van der Waals surface area contributed by atoms with Gasteiger partial charge in [-0.1, -0.05) is 6.92 Å². The zero-order valence-electron chi connectivity index (χ0n) is 8.44. The van der Waals surface area contributed by atoms with Crippen molar-refractivity contribution in [2.75, 3.05) is 0 Å². The number of rotatable bonds is 1. The van der Waals surface area contributed by atoms with Gasteiger partial charge in [-0.3, -0.25) is 4.79 Å². The molecule has 1 aliphatic rings. The Balaban J connectivity index is 2.71. The van der Waals surface area contributed by atoms with Gasteiger partial charge >= 0.3 is 5.97 Å². The summed E-state index contributed by atoms with van der Waals surface area (Å²) in [4.78, 5) is 10.7. The summed E-state index contributed by atoms with van der Waals surface area (Å²) in [5, 5.41) is 9.16. The number of hydrogen-bond acceptors (Lipinski definition) is 4. The van der Waals surface area contributed by atoms with Crippen molar-refractivity contribution in [2.24, 2.45) is 5.92 Å². The zero-order valence-corrected chi connectivity index (χ0v) is 8.44. The number of esters is 1. The van der Waals surface area contributed by atoms with E-state index in [4.69, 9.17) is 14.6 Å². The molecule has 4 nitrogen and oxygen atoms in total. The highest BCUT2D eigenvalue weighted by Crippen LogP contribution is 2.28. The summed E-state index contributed by atoms with van der Waals surface area (Å²) >= 11 is 0. The largest absolute Gasteiger partial charge is 0.459 e. The van der Waals surface area contributed by atoms with Crippen LogP contribution in [0.2, 0.25) is 0 Å². The first-order valence-corrected chi connectivity index (χ1v) is 4.58. The van der Waals surface area contributed by atoms with Crippen molar-refractivity contribution in [1.29, 1.82) is 0 Å². The molecule has 0 saturated carbocycles. The van der Waals surface area contributed by atoms with Crippen LogP contribution in [0, 0.1) is 5.92 Å². The highest BCUT2D eigenvalue weighted by atomic mass is 19.1. The second-order valence-corrected chi connectivity index (χ2v) is 3.61. The molecule has 0 amide bonds. The second-order valence-electron chi connectivity index (χ2n) is 3.61. The highest BCUT2D eigenvalue weighted by Gasteiger charge is 2.43. The van der Waals surface area contributed by atoms with Crippen LogP contribution in [0.4, 0.5) is 4.39 Å². The number of alkyl halides is 1. The van der Waals surface area contributed by atoms with E-state index in [0.717, 1.165) is 0 Å². The van der Waals surface area contributed by atoms with Crippen LogP contribution in [0.3, 0.4) is 0 Å². The Bertz CT molecular complexity index is 207. The van der Waals surface area contributed by atoms with Crippen LogP contribution >= 0.6 is 0 Å². The Hall–Kier alpha value is -0.680. The molecule has 5 atom stereocenters. The monoisotopic (exact) mass is 206 g/mol. The number of carbonyl (C=O) groups is 1. The molecule has 0 radical (unpaired) electrons. The summed E-state index contributed by atoms with van der Waals surface area (Å²) in [6.07, 6.45) is -4.44. The van der Waals surface area contributed by atoms with E-state index >= 15 is 0 Å². The summed E-state index contributed by atoms with van der Waals surface area (Å²) in [5.74, 6) is -0.817. The van der Waals surface area contributed by atoms with Crippen molar-refractivity contribution in [3.63, 3.8) is 0 Å². The Labute approximate surface area is 82.0 Å². The summed E-state index contributed by atoms with van der Waals surface area (Å²) in [5.41, 5.74) is 0. The summed E-state index contributed by atoms with van der Waals surface area (Å²) < 4.78 is 23.1. The predicted molar refractivity (Wildman–Crippen MR) is 46.2 cm³/mol. The molecule has 1 fully saturated rings. The first-order chi connectivity index (χ1) is 6.43. The molecule has 1 N–H and O–H groups in total. The quantitative estimate of drug-likeness (QED) is 0.639. The van der Waals surface area contributed by atoms with Crippen molar-refractivity contribution in [3.8, 4) is 0 Å². The molecule has 14 heavy (non-hydrogen) atoms. The fourth-order valence-corrected chi connectivity index (χ4v) is 1.50. The van der Waals surface area contributed by atoms with Gasteiger partial charge < -0.3 is 14.6 Å². The Morgan fingerprint density at radius 1 is 1.50 bits per heavy atom. The third-order valence-corrected chi connectivity index (χ3v) is 2.50. The molecule has 0 aromatic rings. The van der Waals surface area contributed by atoms with Crippen LogP contribution < -0.4 is 0 Å². The van der Waals surface area contributed by atoms with E-state index in [1.807, 2.05) is 0 Å². The molecule has 1 unspecified atom stereocenters. The maximum atomic E-state index is 13.4. The predicted octanol–water partition coefficient (Wildman–Crippen LogP) is 0.629. The van der Waals surface area contributed by atoms with Crippen molar-refractivity contribution in [3.05, 3.63) is 0 Å². The topological polar surface area (TPSA) is 55.8 Å². The maximum Gasteiger partial charge on any atom is 0.303 e. The van der Waals surface area contributed by atoms with Gasteiger partial charge in [0.2, 0.25) is 0 Å². The van der Waals surface area contributed by atoms with Gasteiger partial charge in [-0.25, -0.2) is 4.39 Å². The third-order valence-electron chi connectivity index (χ3n) is 2.50. The normalized spacial score (nSPS) is 43.4. The lowest BCUT2D eigenvalue weighted by Crippen LogP contribution is -2.52. The van der Waals surface area contributed by atoms with Gasteiger partial charge in [-0.2, -0.15) is 0 Å². The van der Waals surface area contributed by atoms with E-state index in [9.17, 15) is 9.18 Å². The van der Waals surface area contributed by atoms with Crippen LogP contribution in [-0.4, -0.2) is 35.7 Å². The van der Waals surface area contributed by atoms with Gasteiger partial charge in [-0.15, -0.1) is 0 Å². The first-order valence-electron chi connectivity index (χ1n) is 4.58. The molecular formula is C9H15FO4. The summed E-state index contributed by atoms with van der Waals surface area (Å²) in [6.45, 7) is 4.64. The van der Waals surface area contributed by atoms with Crippen LogP contribution in [-0.2, 0) is 14.3 Å². The lowest BCUT2D eigenvalue weighted by atomic mass is 9.92. The average Bonchev–Trinajstić information content (AvgIpc) is 2.09. The van der Waals surface area contributed by atoms with E-state index in [1.165, 1.54) is 6.92 Å². The minimum Gasteiger partial charge on any atom is -0.459 e. The fraction of sp³-hybridized carbons (Fsp3) is 0.889. The average molecular weight is 206 g/mol. The smallest absolute Gasteiger partial charge is 0.303 e. The molecule has 1 rings (SSSR count). The van der Waals surface area contributed by atoms with E-state index in [0.29, 0.717) is 0 Å². The Morgan fingerprint density at radius 3 is 2.57 bits per heavy atom. The highest BCUT2D eigenvalue weighted by molar-refractivity contribution is 5.66. The molecule has 5 heteroatoms. The molecule has 0 spiro atoms. The van der Waals surface area contributed by atoms with E-state index in [2.05, 4.69) is 0 Å². The first kappa shape index (κ1) is 11.4. The molecule has 0 bridgehead atoms. The Morgan fingerprint density at radius 2 is 2.07 bits per heavy atom. The molecule has 1 saturated heterocycles. The SMILES string of the molecule is CC(=O)O[C@@H]1[C@H](C)[C@H](C)OC(O)[C@H]1F. The second kappa shape index (κ2) is 4.23. The zero-order chi connectivity index (χ0) is 10.9. The molecule has 0 aromatic carbocycles. The van der Waals surface area contributed by atoms with Crippen LogP contribution in [0.5, 0.6) is 0 Å². The number of halogens is 1. The van der Waals surface area contributed by atoms with Gasteiger partial charge in [0.25, 0.3) is 0 Å². The van der Waals surface area contributed by atoms with Crippen molar-refractivity contribution in [1.82, 2.24) is 0 Å². The van der Waals surface area contributed by atoms with Gasteiger partial charge in [0.05, 0.1) is 6.10 Å². The third kappa shape index (κ3) is 2.22. The van der Waals surface area contributed by atoms with Crippen LogP contribution in [0.15, 0.2) is 0 Å².